The third-order valence-electron chi connectivity index (χ3n) is 11.1. The fraction of sp³-hybridized carbons (Fsp3) is 0.800. The van der Waals surface area contributed by atoms with Crippen LogP contribution in [0.15, 0.2) is 18.5 Å². The van der Waals surface area contributed by atoms with E-state index in [0.29, 0.717) is 17.9 Å². The fourth-order valence-corrected chi connectivity index (χ4v) is 8.60. The molecule has 1 amide bonds. The lowest BCUT2D eigenvalue weighted by atomic mass is 9.93. The first-order chi connectivity index (χ1) is 21.3. The summed E-state index contributed by atoms with van der Waals surface area (Å²) in [6, 6.07) is 3.90. The molecule has 1 N–H and O–H groups in total. The highest BCUT2D eigenvalue weighted by Gasteiger charge is 2.60. The molecule has 48 heavy (non-hydrogen) atoms. The van der Waals surface area contributed by atoms with Crippen LogP contribution >= 0.6 is 0 Å². The summed E-state index contributed by atoms with van der Waals surface area (Å²) in [5.74, 6) is 0.348. The summed E-state index contributed by atoms with van der Waals surface area (Å²) in [6.45, 7) is 41.9. The molecule has 13 heteroatoms. The number of anilines is 1. The molecule has 0 saturated carbocycles. The molecule has 0 spiro atoms. The van der Waals surface area contributed by atoms with E-state index in [4.69, 9.17) is 22.8 Å². The van der Waals surface area contributed by atoms with Gasteiger partial charge in [-0.15, -0.1) is 0 Å². The molecule has 0 aliphatic carbocycles. The SMILES string of the molecule is CC(C)(C)OC(=O)Nc1ncnn2c([C@]3(C)O[C@H](CO[Si](C)(C)C(C)(C)C)C(O[Si](C)(C)C(C)(C)C)C3O[Si](C)(C)C(C)(C)C)ccc12. The number of carbonyl (C=O) groups is 1. The maximum absolute atomic E-state index is 12.8. The lowest BCUT2D eigenvalue weighted by Gasteiger charge is -2.45. The molecular formula is C35H66N4O6Si3. The second-order valence-electron chi connectivity index (χ2n) is 19.2. The number of rotatable bonds is 9. The Morgan fingerprint density at radius 3 is 1.88 bits per heavy atom. The minimum absolute atomic E-state index is 0.0322. The zero-order valence-electron chi connectivity index (χ0n) is 33.5. The van der Waals surface area contributed by atoms with Crippen LogP contribution in [-0.4, -0.2) is 76.2 Å². The first-order valence-corrected chi connectivity index (χ1v) is 26.1. The molecule has 3 rings (SSSR count). The highest BCUT2D eigenvalue weighted by molar-refractivity contribution is 6.75. The normalized spacial score (nSPS) is 23.5. The van der Waals surface area contributed by atoms with Crippen molar-refractivity contribution in [1.82, 2.24) is 14.6 Å². The number of fused-ring (bicyclic) bond motifs is 1. The van der Waals surface area contributed by atoms with E-state index in [-0.39, 0.29) is 27.3 Å². The van der Waals surface area contributed by atoms with Gasteiger partial charge in [0.2, 0.25) is 0 Å². The maximum Gasteiger partial charge on any atom is 0.413 e. The van der Waals surface area contributed by atoms with E-state index in [1.807, 2.05) is 32.9 Å². The average molecular weight is 723 g/mol. The Morgan fingerprint density at radius 2 is 1.38 bits per heavy atom. The summed E-state index contributed by atoms with van der Waals surface area (Å²) >= 11 is 0. The van der Waals surface area contributed by atoms with Crippen molar-refractivity contribution >= 4 is 42.4 Å². The number of nitrogens with zero attached hydrogens (tertiary/aromatic N) is 3. The minimum Gasteiger partial charge on any atom is -0.444 e. The molecule has 1 aliphatic heterocycles. The standard InChI is InChI=1S/C35H66N4O6Si3/c1-31(2,3)43-30(40)38-29-24-20-21-26(39(24)37-23-36-29)35(13)28(45-48(18,19)34(10,11)12)27(44-47(16,17)33(7,8)9)25(42-35)22-41-46(14,15)32(4,5)6/h20-21,23,25,27-28H,22H2,1-19H3,(H,36,37,38,40)/t25-,27?,28?,35+/m1/s1. The van der Waals surface area contributed by atoms with Crippen molar-refractivity contribution in [1.29, 1.82) is 0 Å². The van der Waals surface area contributed by atoms with Crippen LogP contribution in [0.2, 0.25) is 54.4 Å². The van der Waals surface area contributed by atoms with E-state index < -0.39 is 48.4 Å². The molecule has 4 atom stereocenters. The molecular weight excluding hydrogens is 657 g/mol. The van der Waals surface area contributed by atoms with Crippen molar-refractivity contribution in [2.75, 3.05) is 11.9 Å². The number of aromatic nitrogens is 3. The molecule has 0 bridgehead atoms. The number of carbonyl (C=O) groups excluding carboxylic acids is 1. The zero-order chi connectivity index (χ0) is 37.1. The van der Waals surface area contributed by atoms with E-state index >= 15 is 0 Å². The number of ether oxygens (including phenoxy) is 2. The molecule has 3 heterocycles. The first-order valence-electron chi connectivity index (χ1n) is 17.3. The Hall–Kier alpha value is -1.62. The van der Waals surface area contributed by atoms with Crippen molar-refractivity contribution in [2.24, 2.45) is 0 Å². The highest BCUT2D eigenvalue weighted by atomic mass is 28.4. The molecule has 2 aromatic heterocycles. The van der Waals surface area contributed by atoms with Gasteiger partial charge in [-0.25, -0.2) is 14.3 Å². The van der Waals surface area contributed by atoms with Gasteiger partial charge in [0.15, 0.2) is 30.8 Å². The number of hydrogen-bond acceptors (Lipinski definition) is 8. The Morgan fingerprint density at radius 1 is 0.854 bits per heavy atom. The molecule has 0 aromatic carbocycles. The Labute approximate surface area is 293 Å². The smallest absolute Gasteiger partial charge is 0.413 e. The third kappa shape index (κ3) is 8.63. The molecule has 0 radical (unpaired) electrons. The van der Waals surface area contributed by atoms with Gasteiger partial charge in [-0.1, -0.05) is 62.3 Å². The van der Waals surface area contributed by atoms with Crippen LogP contribution in [0.1, 0.15) is 95.7 Å². The monoisotopic (exact) mass is 722 g/mol. The summed E-state index contributed by atoms with van der Waals surface area (Å²) in [7, 11) is -6.81. The summed E-state index contributed by atoms with van der Waals surface area (Å²) in [6.07, 6.45) is -0.386. The van der Waals surface area contributed by atoms with Crippen LogP contribution in [0.3, 0.4) is 0 Å². The van der Waals surface area contributed by atoms with Gasteiger partial charge in [0, 0.05) is 0 Å². The van der Waals surface area contributed by atoms with Gasteiger partial charge in [0.25, 0.3) is 0 Å². The van der Waals surface area contributed by atoms with Crippen LogP contribution in [0, 0.1) is 0 Å². The first kappa shape index (κ1) is 40.8. The largest absolute Gasteiger partial charge is 0.444 e. The molecule has 1 saturated heterocycles. The van der Waals surface area contributed by atoms with E-state index in [1.54, 1.807) is 4.52 Å². The average Bonchev–Trinajstić information content (AvgIpc) is 3.41. The Bertz CT molecular complexity index is 1450. The zero-order valence-corrected chi connectivity index (χ0v) is 36.5. The van der Waals surface area contributed by atoms with Crippen molar-refractivity contribution in [3.63, 3.8) is 0 Å². The predicted molar refractivity (Wildman–Crippen MR) is 202 cm³/mol. The van der Waals surface area contributed by atoms with E-state index in [0.717, 1.165) is 5.69 Å². The minimum atomic E-state index is -2.37. The van der Waals surface area contributed by atoms with Gasteiger partial charge in [0.1, 0.15) is 41.4 Å². The Kier molecular flexibility index (Phi) is 11.2. The summed E-state index contributed by atoms with van der Waals surface area (Å²) < 4.78 is 36.2. The van der Waals surface area contributed by atoms with Crippen LogP contribution in [0.4, 0.5) is 10.6 Å². The molecule has 1 fully saturated rings. The Balaban J connectivity index is 2.23. The van der Waals surface area contributed by atoms with Crippen LogP contribution in [0.5, 0.6) is 0 Å². The number of hydrogen-bond donors (Lipinski definition) is 1. The van der Waals surface area contributed by atoms with Crippen LogP contribution < -0.4 is 5.32 Å². The molecule has 274 valence electrons. The molecule has 10 nitrogen and oxygen atoms in total. The lowest BCUT2D eigenvalue weighted by molar-refractivity contribution is -0.0849. The molecule has 2 aromatic rings. The van der Waals surface area contributed by atoms with Gasteiger partial charge < -0.3 is 22.8 Å². The highest BCUT2D eigenvalue weighted by Crippen LogP contribution is 2.50. The van der Waals surface area contributed by atoms with E-state index in [9.17, 15) is 4.79 Å². The van der Waals surface area contributed by atoms with Gasteiger partial charge >= 0.3 is 6.09 Å². The fourth-order valence-electron chi connectivity index (χ4n) is 4.93. The van der Waals surface area contributed by atoms with E-state index in [2.05, 4.69) is 124 Å². The van der Waals surface area contributed by atoms with Crippen LogP contribution in [-0.2, 0) is 28.4 Å². The van der Waals surface area contributed by atoms with Crippen LogP contribution in [0.25, 0.3) is 5.52 Å². The second kappa shape index (κ2) is 13.2. The van der Waals surface area contributed by atoms with Crippen molar-refractivity contribution in [3.05, 3.63) is 24.2 Å². The number of amides is 1. The molecule has 1 aliphatic rings. The summed E-state index contributed by atoms with van der Waals surface area (Å²) in [4.78, 5) is 17.1. The number of nitrogens with one attached hydrogen (secondary N) is 1. The van der Waals surface area contributed by atoms with Gasteiger partial charge in [-0.2, -0.15) is 5.10 Å². The second-order valence-corrected chi connectivity index (χ2v) is 33.5. The van der Waals surface area contributed by atoms with Crippen molar-refractivity contribution in [3.8, 4) is 0 Å². The maximum atomic E-state index is 12.8. The predicted octanol–water partition coefficient (Wildman–Crippen LogP) is 9.49. The lowest BCUT2D eigenvalue weighted by Crippen LogP contribution is -2.56. The summed E-state index contributed by atoms with van der Waals surface area (Å²) in [5, 5.41) is 7.42. The quantitative estimate of drug-likeness (QED) is 0.255. The van der Waals surface area contributed by atoms with E-state index in [1.165, 1.54) is 6.33 Å². The van der Waals surface area contributed by atoms with Crippen molar-refractivity contribution < 1.29 is 27.5 Å². The third-order valence-corrected chi connectivity index (χ3v) is 24.5. The molecule has 2 unspecified atom stereocenters. The van der Waals surface area contributed by atoms with Gasteiger partial charge in [0.05, 0.1) is 12.3 Å². The summed E-state index contributed by atoms with van der Waals surface area (Å²) in [5.41, 5.74) is -0.221. The van der Waals surface area contributed by atoms with Gasteiger partial charge in [-0.05, 0) is 94.2 Å². The van der Waals surface area contributed by atoms with Gasteiger partial charge in [-0.3, -0.25) is 5.32 Å². The topological polar surface area (TPSA) is 105 Å². The van der Waals surface area contributed by atoms with Crippen molar-refractivity contribution in [2.45, 2.75) is 174 Å².